The van der Waals surface area contributed by atoms with Gasteiger partial charge in [0, 0.05) is 12.1 Å². The van der Waals surface area contributed by atoms with Crippen molar-refractivity contribution in [1.82, 2.24) is 5.32 Å². The third kappa shape index (κ3) is 5.23. The highest BCUT2D eigenvalue weighted by Crippen LogP contribution is 2.24. The molecule has 1 amide bonds. The van der Waals surface area contributed by atoms with E-state index in [1.54, 1.807) is 32.2 Å². The number of hydrogen-bond acceptors (Lipinski definition) is 4. The Kier molecular flexibility index (Phi) is 6.85. The first kappa shape index (κ1) is 20.8. The van der Waals surface area contributed by atoms with Crippen molar-refractivity contribution in [2.24, 2.45) is 0 Å². The normalized spacial score (nSPS) is 12.3. The molecule has 0 saturated carbocycles. The average Bonchev–Trinajstić information content (AvgIpc) is 2.63. The molecular weight excluding hydrogens is 364 g/mol. The number of aryl methyl sites for hydroxylation is 1. The van der Waals surface area contributed by atoms with Gasteiger partial charge in [0.25, 0.3) is 0 Å². The highest BCUT2D eigenvalue weighted by atomic mass is 32.2. The summed E-state index contributed by atoms with van der Waals surface area (Å²) in [5.41, 5.74) is 2.23. The molecule has 7 heteroatoms. The maximum Gasteiger partial charge on any atom is 0.244 e. The molecule has 27 heavy (non-hydrogen) atoms. The van der Waals surface area contributed by atoms with Gasteiger partial charge in [0.05, 0.1) is 19.1 Å². The van der Waals surface area contributed by atoms with Gasteiger partial charge in [-0.25, -0.2) is 8.42 Å². The summed E-state index contributed by atoms with van der Waals surface area (Å²) in [5.74, 6) is 0.319. The fraction of sp³-hybridized carbons (Fsp3) is 0.350. The van der Waals surface area contributed by atoms with Crippen LogP contribution in [0.3, 0.4) is 0 Å². The van der Waals surface area contributed by atoms with Crippen LogP contribution in [0.25, 0.3) is 0 Å². The molecule has 0 aliphatic carbocycles. The fourth-order valence-electron chi connectivity index (χ4n) is 2.97. The van der Waals surface area contributed by atoms with Crippen LogP contribution in [0.5, 0.6) is 5.75 Å². The zero-order chi connectivity index (χ0) is 20.0. The minimum Gasteiger partial charge on any atom is -0.496 e. The maximum atomic E-state index is 12.8. The van der Waals surface area contributed by atoms with Crippen LogP contribution in [0, 0.1) is 6.92 Å². The molecule has 0 radical (unpaired) electrons. The number of carbonyl (C=O) groups is 1. The molecule has 2 aromatic rings. The summed E-state index contributed by atoms with van der Waals surface area (Å²) >= 11 is 0. The van der Waals surface area contributed by atoms with Crippen molar-refractivity contribution in [3.8, 4) is 5.75 Å². The number of ether oxygens (including phenoxy) is 1. The largest absolute Gasteiger partial charge is 0.496 e. The van der Waals surface area contributed by atoms with Crippen molar-refractivity contribution >= 4 is 21.6 Å². The third-order valence-corrected chi connectivity index (χ3v) is 5.41. The quantitative estimate of drug-likeness (QED) is 0.752. The molecular formula is C20H26N2O4S. The van der Waals surface area contributed by atoms with E-state index < -0.39 is 16.1 Å². The number of rotatable bonds is 8. The lowest BCUT2D eigenvalue weighted by Crippen LogP contribution is -2.49. The Morgan fingerprint density at radius 3 is 2.48 bits per heavy atom. The van der Waals surface area contributed by atoms with Crippen molar-refractivity contribution in [2.75, 3.05) is 17.7 Å². The smallest absolute Gasteiger partial charge is 0.244 e. The lowest BCUT2D eigenvalue weighted by Gasteiger charge is -2.30. The first-order valence-electron chi connectivity index (χ1n) is 8.73. The Balaban J connectivity index is 2.27. The monoisotopic (exact) mass is 390 g/mol. The van der Waals surface area contributed by atoms with E-state index >= 15 is 0 Å². The van der Waals surface area contributed by atoms with Crippen molar-refractivity contribution in [3.63, 3.8) is 0 Å². The summed E-state index contributed by atoms with van der Waals surface area (Å²) in [6.45, 7) is 3.93. The molecule has 0 saturated heterocycles. The van der Waals surface area contributed by atoms with E-state index in [-0.39, 0.29) is 12.5 Å². The molecule has 0 fully saturated rings. The van der Waals surface area contributed by atoms with Crippen LogP contribution in [0.4, 0.5) is 5.69 Å². The molecule has 6 nitrogen and oxygen atoms in total. The molecule has 0 aliphatic rings. The number of sulfonamides is 1. The molecule has 2 rings (SSSR count). The number of carbonyl (C=O) groups excluding carboxylic acids is 1. The van der Waals surface area contributed by atoms with Gasteiger partial charge in [-0.3, -0.25) is 9.10 Å². The average molecular weight is 391 g/mol. The summed E-state index contributed by atoms with van der Waals surface area (Å²) in [7, 11) is -2.07. The fourth-order valence-corrected chi connectivity index (χ4v) is 4.18. The molecule has 1 N–H and O–H groups in total. The van der Waals surface area contributed by atoms with Gasteiger partial charge < -0.3 is 10.1 Å². The van der Waals surface area contributed by atoms with E-state index in [1.165, 1.54) is 4.31 Å². The number of methoxy groups -OCH3 is 1. The first-order valence-corrected chi connectivity index (χ1v) is 10.6. The van der Waals surface area contributed by atoms with Crippen LogP contribution in [0.15, 0.2) is 48.5 Å². The Bertz CT molecular complexity index is 896. The van der Waals surface area contributed by atoms with Crippen molar-refractivity contribution in [1.29, 1.82) is 0 Å². The molecule has 0 unspecified atom stereocenters. The van der Waals surface area contributed by atoms with E-state index in [0.29, 0.717) is 17.9 Å². The summed E-state index contributed by atoms with van der Waals surface area (Å²) in [6.07, 6.45) is 1.46. The second-order valence-electron chi connectivity index (χ2n) is 6.35. The van der Waals surface area contributed by atoms with Gasteiger partial charge in [-0.05, 0) is 37.1 Å². The van der Waals surface area contributed by atoms with Gasteiger partial charge in [-0.15, -0.1) is 0 Å². The zero-order valence-electron chi connectivity index (χ0n) is 16.1. The lowest BCUT2D eigenvalue weighted by molar-refractivity contribution is -0.122. The van der Waals surface area contributed by atoms with E-state index in [2.05, 4.69) is 5.32 Å². The van der Waals surface area contributed by atoms with Crippen LogP contribution in [-0.4, -0.2) is 33.7 Å². The highest BCUT2D eigenvalue weighted by Gasteiger charge is 2.31. The van der Waals surface area contributed by atoms with Crippen LogP contribution < -0.4 is 14.4 Å². The van der Waals surface area contributed by atoms with Gasteiger partial charge in [-0.2, -0.15) is 0 Å². The Morgan fingerprint density at radius 1 is 1.19 bits per heavy atom. The van der Waals surface area contributed by atoms with E-state index in [1.807, 2.05) is 37.3 Å². The van der Waals surface area contributed by atoms with E-state index in [0.717, 1.165) is 17.4 Å². The highest BCUT2D eigenvalue weighted by molar-refractivity contribution is 7.92. The Hall–Kier alpha value is -2.54. The minimum absolute atomic E-state index is 0.255. The molecule has 0 aromatic heterocycles. The zero-order valence-corrected chi connectivity index (χ0v) is 16.9. The SMILES string of the molecule is CC[C@H](C(=O)NCc1ccccc1OC)N(c1cccc(C)c1)S(C)(=O)=O. The number of amides is 1. The predicted molar refractivity (Wildman–Crippen MR) is 107 cm³/mol. The second kappa shape index (κ2) is 8.90. The topological polar surface area (TPSA) is 75.7 Å². The van der Waals surface area contributed by atoms with Crippen molar-refractivity contribution in [3.05, 3.63) is 59.7 Å². The molecule has 0 aliphatic heterocycles. The van der Waals surface area contributed by atoms with Crippen LogP contribution in [-0.2, 0) is 21.4 Å². The molecule has 146 valence electrons. The number of hydrogen-bond donors (Lipinski definition) is 1. The summed E-state index contributed by atoms with van der Waals surface area (Å²) in [5, 5.41) is 2.84. The lowest BCUT2D eigenvalue weighted by atomic mass is 10.1. The number of nitrogens with one attached hydrogen (secondary N) is 1. The van der Waals surface area contributed by atoms with Gasteiger partial charge in [0.2, 0.25) is 15.9 Å². The standard InChI is InChI=1S/C20H26N2O4S/c1-5-18(20(23)21-14-16-10-6-7-12-19(16)26-3)22(27(4,24)25)17-11-8-9-15(2)13-17/h6-13,18H,5,14H2,1-4H3,(H,21,23)/t18-/m1/s1. The first-order chi connectivity index (χ1) is 12.8. The maximum absolute atomic E-state index is 12.8. The molecule has 2 aromatic carbocycles. The van der Waals surface area contributed by atoms with Crippen molar-refractivity contribution < 1.29 is 17.9 Å². The molecule has 0 bridgehead atoms. The van der Waals surface area contributed by atoms with Crippen LogP contribution >= 0.6 is 0 Å². The Labute approximate surface area is 161 Å². The van der Waals surface area contributed by atoms with E-state index in [4.69, 9.17) is 4.74 Å². The summed E-state index contributed by atoms with van der Waals surface area (Å²) in [4.78, 5) is 12.8. The van der Waals surface area contributed by atoms with Gasteiger partial charge in [0.15, 0.2) is 0 Å². The Morgan fingerprint density at radius 2 is 1.89 bits per heavy atom. The second-order valence-corrected chi connectivity index (χ2v) is 8.21. The summed E-state index contributed by atoms with van der Waals surface area (Å²) < 4.78 is 31.4. The van der Waals surface area contributed by atoms with Gasteiger partial charge >= 0.3 is 0 Å². The summed E-state index contributed by atoms with van der Waals surface area (Å²) in [6, 6.07) is 13.7. The molecule has 0 spiro atoms. The number of para-hydroxylation sites is 1. The number of anilines is 1. The van der Waals surface area contributed by atoms with Gasteiger partial charge in [-0.1, -0.05) is 37.3 Å². The molecule has 1 atom stereocenters. The molecule has 0 heterocycles. The van der Waals surface area contributed by atoms with Gasteiger partial charge in [0.1, 0.15) is 11.8 Å². The van der Waals surface area contributed by atoms with E-state index in [9.17, 15) is 13.2 Å². The predicted octanol–water partition coefficient (Wildman–Crippen LogP) is 2.86. The number of nitrogens with zero attached hydrogens (tertiary/aromatic N) is 1. The van der Waals surface area contributed by atoms with Crippen molar-refractivity contribution in [2.45, 2.75) is 32.9 Å². The number of benzene rings is 2. The van der Waals surface area contributed by atoms with Crippen LogP contribution in [0.2, 0.25) is 0 Å². The minimum atomic E-state index is -3.64. The third-order valence-electron chi connectivity index (χ3n) is 4.23. The van der Waals surface area contributed by atoms with Crippen LogP contribution in [0.1, 0.15) is 24.5 Å².